The lowest BCUT2D eigenvalue weighted by Crippen LogP contribution is -1.89. The largest absolute Gasteiger partial charge is 0.495 e. The first-order valence-corrected chi connectivity index (χ1v) is 5.16. The Morgan fingerprint density at radius 1 is 1.43 bits per heavy atom. The second-order valence-electron chi connectivity index (χ2n) is 3.09. The van der Waals surface area contributed by atoms with Crippen LogP contribution in [0, 0.1) is 6.92 Å². The molecule has 1 heterocycles. The van der Waals surface area contributed by atoms with Crippen molar-refractivity contribution in [3.05, 3.63) is 28.6 Å². The number of rotatable bonds is 2. The number of carbonyl (C=O) groups excluding carboxylic acids is 1. The van der Waals surface area contributed by atoms with Gasteiger partial charge in [-0.05, 0) is 18.6 Å². The minimum absolute atomic E-state index is 0.737. The summed E-state index contributed by atoms with van der Waals surface area (Å²) in [5, 5.41) is 2.87. The van der Waals surface area contributed by atoms with Crippen molar-refractivity contribution >= 4 is 27.7 Å². The van der Waals surface area contributed by atoms with Crippen molar-refractivity contribution < 1.29 is 9.53 Å². The second-order valence-corrected chi connectivity index (χ2v) is 4.00. The van der Waals surface area contributed by atoms with E-state index in [1.807, 2.05) is 24.4 Å². The molecule has 0 unspecified atom stereocenters. The van der Waals surface area contributed by atoms with E-state index in [0.29, 0.717) is 0 Å². The van der Waals surface area contributed by atoms with E-state index in [-0.39, 0.29) is 0 Å². The Morgan fingerprint density at radius 3 is 2.86 bits per heavy atom. The molecule has 0 saturated heterocycles. The topological polar surface area (TPSA) is 26.3 Å². The van der Waals surface area contributed by atoms with Crippen LogP contribution in [0.1, 0.15) is 15.9 Å². The maximum absolute atomic E-state index is 11.0. The number of methoxy groups -OCH3 is 1. The first-order chi connectivity index (χ1) is 6.77. The third kappa shape index (κ3) is 1.21. The quantitative estimate of drug-likeness (QED) is 0.706. The molecular weight excluding hydrogens is 196 g/mol. The zero-order chi connectivity index (χ0) is 10.1. The number of benzene rings is 1. The van der Waals surface area contributed by atoms with Crippen LogP contribution in [-0.2, 0) is 0 Å². The van der Waals surface area contributed by atoms with Crippen molar-refractivity contribution in [2.45, 2.75) is 6.92 Å². The maximum atomic E-state index is 11.0. The first kappa shape index (κ1) is 9.21. The van der Waals surface area contributed by atoms with Gasteiger partial charge in [-0.3, -0.25) is 4.79 Å². The third-order valence-corrected chi connectivity index (χ3v) is 3.23. The Balaban J connectivity index is 2.88. The van der Waals surface area contributed by atoms with Gasteiger partial charge in [0, 0.05) is 21.0 Å². The molecule has 2 nitrogen and oxygen atoms in total. The molecule has 0 aliphatic carbocycles. The molecule has 2 rings (SSSR count). The fourth-order valence-electron chi connectivity index (χ4n) is 1.53. The molecule has 1 aromatic heterocycles. The van der Waals surface area contributed by atoms with E-state index in [1.165, 1.54) is 0 Å². The van der Waals surface area contributed by atoms with Crippen molar-refractivity contribution in [3.8, 4) is 5.75 Å². The molecule has 0 radical (unpaired) electrons. The van der Waals surface area contributed by atoms with Crippen LogP contribution < -0.4 is 4.74 Å². The van der Waals surface area contributed by atoms with Gasteiger partial charge in [0.15, 0.2) is 6.29 Å². The molecule has 0 N–H and O–H groups in total. The smallest absolute Gasteiger partial charge is 0.151 e. The highest BCUT2D eigenvalue weighted by Crippen LogP contribution is 2.35. The summed E-state index contributed by atoms with van der Waals surface area (Å²) in [6, 6.07) is 3.98. The van der Waals surface area contributed by atoms with Crippen LogP contribution in [0.25, 0.3) is 10.1 Å². The number of carbonyl (C=O) groups is 1. The van der Waals surface area contributed by atoms with Crippen molar-refractivity contribution in [3.63, 3.8) is 0 Å². The highest BCUT2D eigenvalue weighted by molar-refractivity contribution is 7.17. The molecule has 14 heavy (non-hydrogen) atoms. The molecule has 72 valence electrons. The molecule has 1 aromatic carbocycles. The van der Waals surface area contributed by atoms with Gasteiger partial charge < -0.3 is 4.74 Å². The normalized spacial score (nSPS) is 10.4. The molecule has 0 saturated carbocycles. The zero-order valence-electron chi connectivity index (χ0n) is 8.03. The van der Waals surface area contributed by atoms with Crippen molar-refractivity contribution in [2.24, 2.45) is 0 Å². The van der Waals surface area contributed by atoms with Gasteiger partial charge >= 0.3 is 0 Å². The fourth-order valence-corrected chi connectivity index (χ4v) is 2.46. The van der Waals surface area contributed by atoms with Gasteiger partial charge in [-0.2, -0.15) is 0 Å². The number of hydrogen-bond donors (Lipinski definition) is 0. The molecule has 0 aliphatic heterocycles. The summed E-state index contributed by atoms with van der Waals surface area (Å²) in [5.74, 6) is 0.788. The Labute approximate surface area is 86.1 Å². The van der Waals surface area contributed by atoms with Crippen LogP contribution >= 0.6 is 11.3 Å². The standard InChI is InChI=1S/C11H10O2S/c1-7-3-4-10-11(8(7)5-12)9(13-2)6-14-10/h3-6H,1-2H3. The summed E-state index contributed by atoms with van der Waals surface area (Å²) in [6.45, 7) is 1.93. The number of aldehydes is 1. The molecular formula is C11H10O2S. The molecule has 0 amide bonds. The molecule has 2 aromatic rings. The lowest BCUT2D eigenvalue weighted by atomic mass is 10.1. The second kappa shape index (κ2) is 3.42. The summed E-state index contributed by atoms with van der Waals surface area (Å²) < 4.78 is 6.31. The number of ether oxygens (including phenoxy) is 1. The Morgan fingerprint density at radius 2 is 2.21 bits per heavy atom. The Kier molecular flexibility index (Phi) is 2.25. The van der Waals surface area contributed by atoms with Gasteiger partial charge in [0.2, 0.25) is 0 Å². The Bertz CT molecular complexity index is 485. The van der Waals surface area contributed by atoms with Crippen molar-refractivity contribution in [1.82, 2.24) is 0 Å². The van der Waals surface area contributed by atoms with Gasteiger partial charge in [-0.25, -0.2) is 0 Å². The van der Waals surface area contributed by atoms with E-state index in [9.17, 15) is 4.79 Å². The minimum Gasteiger partial charge on any atom is -0.495 e. The SMILES string of the molecule is COc1csc2ccc(C)c(C=O)c12. The molecule has 0 aliphatic rings. The third-order valence-electron chi connectivity index (χ3n) is 2.30. The number of fused-ring (bicyclic) bond motifs is 1. The van der Waals surface area contributed by atoms with Crippen LogP contribution in [0.3, 0.4) is 0 Å². The van der Waals surface area contributed by atoms with Crippen molar-refractivity contribution in [2.75, 3.05) is 7.11 Å². The summed E-state index contributed by atoms with van der Waals surface area (Å²) >= 11 is 1.59. The molecule has 3 heteroatoms. The van der Waals surface area contributed by atoms with E-state index >= 15 is 0 Å². The van der Waals surface area contributed by atoms with Gasteiger partial charge in [-0.15, -0.1) is 11.3 Å². The van der Waals surface area contributed by atoms with Crippen molar-refractivity contribution in [1.29, 1.82) is 0 Å². The maximum Gasteiger partial charge on any atom is 0.151 e. The van der Waals surface area contributed by atoms with Gasteiger partial charge in [-0.1, -0.05) is 6.07 Å². The highest BCUT2D eigenvalue weighted by atomic mass is 32.1. The monoisotopic (exact) mass is 206 g/mol. The minimum atomic E-state index is 0.737. The average molecular weight is 206 g/mol. The van der Waals surface area contributed by atoms with E-state index in [0.717, 1.165) is 33.2 Å². The van der Waals surface area contributed by atoms with Crippen LogP contribution in [0.4, 0.5) is 0 Å². The highest BCUT2D eigenvalue weighted by Gasteiger charge is 2.10. The fraction of sp³-hybridized carbons (Fsp3) is 0.182. The predicted molar refractivity (Wildman–Crippen MR) is 58.5 cm³/mol. The molecule has 0 bridgehead atoms. The number of hydrogen-bond acceptors (Lipinski definition) is 3. The van der Waals surface area contributed by atoms with Crippen LogP contribution in [0.2, 0.25) is 0 Å². The predicted octanol–water partition coefficient (Wildman–Crippen LogP) is 3.03. The Hall–Kier alpha value is -1.35. The molecule has 0 atom stereocenters. The van der Waals surface area contributed by atoms with E-state index in [1.54, 1.807) is 18.4 Å². The van der Waals surface area contributed by atoms with Gasteiger partial charge in [0.05, 0.1) is 7.11 Å². The summed E-state index contributed by atoms with van der Waals surface area (Å²) in [7, 11) is 1.62. The number of thiophene rings is 1. The summed E-state index contributed by atoms with van der Waals surface area (Å²) in [6.07, 6.45) is 0.896. The molecule has 0 spiro atoms. The van der Waals surface area contributed by atoms with E-state index in [4.69, 9.17) is 4.74 Å². The zero-order valence-corrected chi connectivity index (χ0v) is 8.85. The lowest BCUT2D eigenvalue weighted by Gasteiger charge is -2.02. The van der Waals surface area contributed by atoms with Crippen LogP contribution in [0.5, 0.6) is 5.75 Å². The number of aryl methyl sites for hydroxylation is 1. The van der Waals surface area contributed by atoms with Crippen LogP contribution in [-0.4, -0.2) is 13.4 Å². The first-order valence-electron chi connectivity index (χ1n) is 4.28. The lowest BCUT2D eigenvalue weighted by molar-refractivity contribution is 0.112. The van der Waals surface area contributed by atoms with Crippen LogP contribution in [0.15, 0.2) is 17.5 Å². The summed E-state index contributed by atoms with van der Waals surface area (Å²) in [5.41, 5.74) is 1.73. The van der Waals surface area contributed by atoms with Gasteiger partial charge in [0.1, 0.15) is 5.75 Å². The molecule has 0 fully saturated rings. The van der Waals surface area contributed by atoms with E-state index < -0.39 is 0 Å². The van der Waals surface area contributed by atoms with E-state index in [2.05, 4.69) is 0 Å². The summed E-state index contributed by atoms with van der Waals surface area (Å²) in [4.78, 5) is 11.0. The average Bonchev–Trinajstić information content (AvgIpc) is 2.61. The van der Waals surface area contributed by atoms with Gasteiger partial charge in [0.25, 0.3) is 0 Å².